The molecule has 0 heterocycles. The number of carbonyl (C=O) groups excluding carboxylic acids is 1. The fourth-order valence-electron chi connectivity index (χ4n) is 1.64. The third kappa shape index (κ3) is 5.96. The zero-order valence-corrected chi connectivity index (χ0v) is 13.0. The third-order valence-electron chi connectivity index (χ3n) is 2.66. The summed E-state index contributed by atoms with van der Waals surface area (Å²) in [5.74, 6) is 0.484. The van der Waals surface area contributed by atoms with Crippen molar-refractivity contribution in [1.82, 2.24) is 5.32 Å². The van der Waals surface area contributed by atoms with Crippen LogP contribution in [-0.2, 0) is 4.79 Å². The van der Waals surface area contributed by atoms with Gasteiger partial charge in [-0.15, -0.1) is 0 Å². The molecule has 0 aliphatic carbocycles. The van der Waals surface area contributed by atoms with Crippen LogP contribution in [0.4, 0.5) is 5.69 Å². The van der Waals surface area contributed by atoms with Crippen molar-refractivity contribution in [2.24, 2.45) is 0 Å². The monoisotopic (exact) mass is 328 g/mol. The van der Waals surface area contributed by atoms with Crippen LogP contribution < -0.4 is 15.8 Å². The van der Waals surface area contributed by atoms with Crippen LogP contribution in [0, 0.1) is 0 Å². The summed E-state index contributed by atoms with van der Waals surface area (Å²) in [7, 11) is 0. The van der Waals surface area contributed by atoms with Crippen molar-refractivity contribution in [3.05, 3.63) is 22.7 Å². The number of unbranched alkanes of at least 4 members (excludes halogenated alkanes) is 2. The van der Waals surface area contributed by atoms with Crippen LogP contribution in [0.1, 0.15) is 33.1 Å². The summed E-state index contributed by atoms with van der Waals surface area (Å²) in [6.45, 7) is 4.55. The number of ether oxygens (including phenoxy) is 1. The molecule has 0 saturated heterocycles. The molecule has 5 heteroatoms. The second kappa shape index (κ2) is 8.04. The van der Waals surface area contributed by atoms with Crippen molar-refractivity contribution in [3.63, 3.8) is 0 Å². The minimum atomic E-state index is -0.532. The second-order valence-electron chi connectivity index (χ2n) is 4.48. The van der Waals surface area contributed by atoms with E-state index in [1.807, 2.05) is 0 Å². The minimum absolute atomic E-state index is 0.102. The molecular weight excluding hydrogens is 308 g/mol. The van der Waals surface area contributed by atoms with E-state index in [1.54, 1.807) is 25.1 Å². The number of hydrogen-bond donors (Lipinski definition) is 2. The highest BCUT2D eigenvalue weighted by Crippen LogP contribution is 2.23. The summed E-state index contributed by atoms with van der Waals surface area (Å²) in [5, 5.41) is 2.86. The van der Waals surface area contributed by atoms with Gasteiger partial charge in [-0.1, -0.05) is 35.7 Å². The van der Waals surface area contributed by atoms with Crippen LogP contribution in [0.5, 0.6) is 5.75 Å². The predicted molar refractivity (Wildman–Crippen MR) is 81.2 cm³/mol. The lowest BCUT2D eigenvalue weighted by molar-refractivity contribution is -0.127. The molecule has 1 rings (SSSR count). The molecule has 19 heavy (non-hydrogen) atoms. The lowest BCUT2D eigenvalue weighted by Crippen LogP contribution is -2.36. The largest absolute Gasteiger partial charge is 0.481 e. The zero-order valence-electron chi connectivity index (χ0n) is 11.4. The number of halogens is 1. The van der Waals surface area contributed by atoms with Gasteiger partial charge in [-0.25, -0.2) is 0 Å². The van der Waals surface area contributed by atoms with E-state index in [0.29, 0.717) is 18.0 Å². The molecule has 1 atom stereocenters. The van der Waals surface area contributed by atoms with Crippen LogP contribution in [0.15, 0.2) is 22.7 Å². The number of nitrogens with one attached hydrogen (secondary N) is 1. The number of anilines is 1. The first-order chi connectivity index (χ1) is 9.02. The summed E-state index contributed by atoms with van der Waals surface area (Å²) >= 11 is 3.34. The lowest BCUT2D eigenvalue weighted by atomic mass is 10.2. The number of benzene rings is 1. The van der Waals surface area contributed by atoms with Crippen LogP contribution in [0.3, 0.4) is 0 Å². The van der Waals surface area contributed by atoms with E-state index >= 15 is 0 Å². The highest BCUT2D eigenvalue weighted by Gasteiger charge is 2.14. The maximum atomic E-state index is 11.8. The Balaban J connectivity index is 2.44. The van der Waals surface area contributed by atoms with E-state index < -0.39 is 6.10 Å². The first-order valence-corrected chi connectivity index (χ1v) is 7.32. The van der Waals surface area contributed by atoms with Crippen molar-refractivity contribution < 1.29 is 9.53 Å². The van der Waals surface area contributed by atoms with Crippen molar-refractivity contribution in [1.29, 1.82) is 0 Å². The van der Waals surface area contributed by atoms with E-state index in [-0.39, 0.29) is 5.91 Å². The zero-order chi connectivity index (χ0) is 14.3. The smallest absolute Gasteiger partial charge is 0.260 e. The Bertz CT molecular complexity index is 404. The SMILES string of the molecule is CCCCCNC(=O)C(C)Oc1cc(N)cc(Br)c1. The lowest BCUT2D eigenvalue weighted by Gasteiger charge is -2.15. The van der Waals surface area contributed by atoms with Crippen molar-refractivity contribution in [3.8, 4) is 5.75 Å². The molecular formula is C14H21BrN2O2. The van der Waals surface area contributed by atoms with Crippen LogP contribution in [0.2, 0.25) is 0 Å². The van der Waals surface area contributed by atoms with E-state index in [0.717, 1.165) is 23.7 Å². The van der Waals surface area contributed by atoms with Gasteiger partial charge in [0.1, 0.15) is 5.75 Å². The topological polar surface area (TPSA) is 64.3 Å². The van der Waals surface area contributed by atoms with E-state index in [2.05, 4.69) is 28.2 Å². The molecule has 1 aromatic carbocycles. The average Bonchev–Trinajstić information content (AvgIpc) is 2.33. The van der Waals surface area contributed by atoms with E-state index in [9.17, 15) is 4.79 Å². The fraction of sp³-hybridized carbons (Fsp3) is 0.500. The number of carbonyl (C=O) groups is 1. The Kier molecular flexibility index (Phi) is 6.70. The summed E-state index contributed by atoms with van der Waals surface area (Å²) in [5.41, 5.74) is 6.31. The Hall–Kier alpha value is -1.23. The highest BCUT2D eigenvalue weighted by molar-refractivity contribution is 9.10. The summed E-state index contributed by atoms with van der Waals surface area (Å²) < 4.78 is 6.40. The average molecular weight is 329 g/mol. The number of rotatable bonds is 7. The highest BCUT2D eigenvalue weighted by atomic mass is 79.9. The Morgan fingerprint density at radius 2 is 2.16 bits per heavy atom. The first-order valence-electron chi connectivity index (χ1n) is 6.53. The van der Waals surface area contributed by atoms with Crippen LogP contribution >= 0.6 is 15.9 Å². The van der Waals surface area contributed by atoms with Gasteiger partial charge in [0.2, 0.25) is 0 Å². The van der Waals surface area contributed by atoms with Crippen molar-refractivity contribution in [2.75, 3.05) is 12.3 Å². The van der Waals surface area contributed by atoms with Gasteiger partial charge in [-0.05, 0) is 25.5 Å². The van der Waals surface area contributed by atoms with Gasteiger partial charge in [0.25, 0.3) is 5.91 Å². The molecule has 0 bridgehead atoms. The Labute approximate surface area is 122 Å². The van der Waals surface area contributed by atoms with Gasteiger partial charge in [0.15, 0.2) is 6.10 Å². The van der Waals surface area contributed by atoms with E-state index in [1.165, 1.54) is 0 Å². The second-order valence-corrected chi connectivity index (χ2v) is 5.39. The van der Waals surface area contributed by atoms with Crippen LogP contribution in [0.25, 0.3) is 0 Å². The van der Waals surface area contributed by atoms with Gasteiger partial charge in [0.05, 0.1) is 0 Å². The molecule has 1 unspecified atom stereocenters. The quantitative estimate of drug-likeness (QED) is 0.597. The molecule has 0 saturated carbocycles. The molecule has 1 aromatic rings. The fourth-order valence-corrected chi connectivity index (χ4v) is 2.13. The molecule has 0 fully saturated rings. The van der Waals surface area contributed by atoms with E-state index in [4.69, 9.17) is 10.5 Å². The predicted octanol–water partition coefficient (Wildman–Crippen LogP) is 3.11. The van der Waals surface area contributed by atoms with Gasteiger partial charge in [-0.3, -0.25) is 4.79 Å². The number of amides is 1. The summed E-state index contributed by atoms with van der Waals surface area (Å²) in [6, 6.07) is 5.27. The molecule has 0 aromatic heterocycles. The number of nitrogens with two attached hydrogens (primary N) is 1. The molecule has 0 aliphatic heterocycles. The first kappa shape index (κ1) is 15.8. The maximum Gasteiger partial charge on any atom is 0.260 e. The van der Waals surface area contributed by atoms with Crippen molar-refractivity contribution in [2.45, 2.75) is 39.2 Å². The third-order valence-corrected chi connectivity index (χ3v) is 3.11. The Morgan fingerprint density at radius 1 is 1.42 bits per heavy atom. The Morgan fingerprint density at radius 3 is 2.79 bits per heavy atom. The van der Waals surface area contributed by atoms with Gasteiger partial charge in [-0.2, -0.15) is 0 Å². The summed E-state index contributed by atoms with van der Waals surface area (Å²) in [4.78, 5) is 11.8. The van der Waals surface area contributed by atoms with Gasteiger partial charge in [0, 0.05) is 22.8 Å². The molecule has 1 amide bonds. The molecule has 0 radical (unpaired) electrons. The molecule has 3 N–H and O–H groups in total. The number of nitrogen functional groups attached to an aromatic ring is 1. The molecule has 0 aliphatic rings. The van der Waals surface area contributed by atoms with Gasteiger partial charge >= 0.3 is 0 Å². The molecule has 106 valence electrons. The minimum Gasteiger partial charge on any atom is -0.481 e. The number of hydrogen-bond acceptors (Lipinski definition) is 3. The van der Waals surface area contributed by atoms with Crippen molar-refractivity contribution >= 4 is 27.5 Å². The standard InChI is InChI=1S/C14H21BrN2O2/c1-3-4-5-6-17-14(18)10(2)19-13-8-11(15)7-12(16)9-13/h7-10H,3-6,16H2,1-2H3,(H,17,18). The normalized spacial score (nSPS) is 11.9. The van der Waals surface area contributed by atoms with Crippen LogP contribution in [-0.4, -0.2) is 18.6 Å². The van der Waals surface area contributed by atoms with Gasteiger partial charge < -0.3 is 15.8 Å². The maximum absolute atomic E-state index is 11.8. The summed E-state index contributed by atoms with van der Waals surface area (Å²) in [6.07, 6.45) is 2.73. The molecule has 4 nitrogen and oxygen atoms in total. The molecule has 0 spiro atoms.